The molecule has 2 amide bonds. The highest BCUT2D eigenvalue weighted by molar-refractivity contribution is 7.89. The normalized spacial score (nSPS) is 18.8. The number of likely N-dealkylation sites (tertiary alicyclic amines) is 2. The molecule has 11 heteroatoms. The van der Waals surface area contributed by atoms with Crippen molar-refractivity contribution in [3.8, 4) is 0 Å². The zero-order valence-electron chi connectivity index (χ0n) is 26.0. The van der Waals surface area contributed by atoms with Gasteiger partial charge in [0, 0.05) is 26.2 Å². The summed E-state index contributed by atoms with van der Waals surface area (Å²) in [6, 6.07) is 7.68. The summed E-state index contributed by atoms with van der Waals surface area (Å²) in [6.45, 7) is 12.1. The first-order chi connectivity index (χ1) is 20.4. The van der Waals surface area contributed by atoms with Gasteiger partial charge in [-0.05, 0) is 106 Å². The van der Waals surface area contributed by atoms with E-state index in [-0.39, 0.29) is 23.1 Å². The molecule has 0 radical (unpaired) electrons. The zero-order chi connectivity index (χ0) is 31.3. The van der Waals surface area contributed by atoms with Crippen LogP contribution in [0.1, 0.15) is 59.1 Å². The van der Waals surface area contributed by atoms with E-state index in [9.17, 15) is 18.0 Å². The van der Waals surface area contributed by atoms with Gasteiger partial charge in [0.25, 0.3) is 0 Å². The van der Waals surface area contributed by atoms with Crippen molar-refractivity contribution >= 4 is 28.2 Å². The lowest BCUT2D eigenvalue weighted by Crippen LogP contribution is -2.54. The first kappa shape index (κ1) is 32.5. The van der Waals surface area contributed by atoms with Crippen molar-refractivity contribution in [1.29, 1.82) is 0 Å². The fourth-order valence-corrected chi connectivity index (χ4v) is 8.17. The van der Waals surface area contributed by atoms with Crippen molar-refractivity contribution in [2.75, 3.05) is 26.2 Å². The Morgan fingerprint density at radius 3 is 2.16 bits per heavy atom. The van der Waals surface area contributed by atoms with E-state index in [2.05, 4.69) is 20.0 Å². The molecule has 0 aliphatic carbocycles. The molecule has 0 unspecified atom stereocenters. The van der Waals surface area contributed by atoms with Crippen molar-refractivity contribution in [2.45, 2.75) is 83.7 Å². The molecule has 2 atom stereocenters. The lowest BCUT2D eigenvalue weighted by Gasteiger charge is -2.32. The summed E-state index contributed by atoms with van der Waals surface area (Å²) in [5.41, 5.74) is 5.09. The molecule has 0 saturated carbocycles. The number of piperidine rings is 1. The molecule has 2 heterocycles. The first-order valence-electron chi connectivity index (χ1n) is 15.1. The molecular formula is C32H46N6O4S. The average molecular weight is 611 g/mol. The van der Waals surface area contributed by atoms with Crippen LogP contribution in [0.4, 0.5) is 0 Å². The van der Waals surface area contributed by atoms with Gasteiger partial charge in [-0.15, -0.1) is 0 Å². The molecule has 234 valence electrons. The van der Waals surface area contributed by atoms with Crippen LogP contribution in [0, 0.1) is 40.5 Å². The van der Waals surface area contributed by atoms with Gasteiger partial charge in [0.05, 0.1) is 4.90 Å². The molecule has 4 N–H and O–H groups in total. The van der Waals surface area contributed by atoms with Crippen LogP contribution in [-0.4, -0.2) is 74.6 Å². The number of benzene rings is 2. The van der Waals surface area contributed by atoms with E-state index in [1.165, 1.54) is 0 Å². The molecule has 0 spiro atoms. The Hall–Kier alpha value is -3.44. The molecule has 2 aromatic rings. The van der Waals surface area contributed by atoms with Gasteiger partial charge in [-0.3, -0.25) is 9.59 Å². The largest absolute Gasteiger partial charge is 0.361 e. The van der Waals surface area contributed by atoms with Crippen molar-refractivity contribution in [1.82, 2.24) is 19.8 Å². The van der Waals surface area contributed by atoms with Crippen molar-refractivity contribution in [3.63, 3.8) is 0 Å². The fraction of sp³-hybridized carbons (Fsp3) is 0.531. The number of amides is 2. The minimum absolute atomic E-state index is 0.177. The number of carbonyl (C=O) groups excluding carboxylic acids is 2. The Kier molecular flexibility index (Phi) is 10.5. The van der Waals surface area contributed by atoms with Gasteiger partial charge in [0.1, 0.15) is 18.4 Å². The van der Waals surface area contributed by atoms with E-state index in [1.54, 1.807) is 11.2 Å². The van der Waals surface area contributed by atoms with Gasteiger partial charge in [-0.1, -0.05) is 30.3 Å². The van der Waals surface area contributed by atoms with Crippen molar-refractivity contribution in [3.05, 3.63) is 63.7 Å². The average Bonchev–Trinajstić information content (AvgIpc) is 3.48. The van der Waals surface area contributed by atoms with Crippen LogP contribution in [0.15, 0.2) is 40.3 Å². The summed E-state index contributed by atoms with van der Waals surface area (Å²) in [7, 11) is -4.07. The van der Waals surface area contributed by atoms with E-state index < -0.39 is 22.1 Å². The Bertz CT molecular complexity index is 1420. The monoisotopic (exact) mass is 610 g/mol. The van der Waals surface area contributed by atoms with Crippen LogP contribution >= 0.6 is 0 Å². The Morgan fingerprint density at radius 2 is 1.56 bits per heavy atom. The van der Waals surface area contributed by atoms with E-state index in [1.807, 2.05) is 65.0 Å². The second-order valence-corrected chi connectivity index (χ2v) is 13.6. The molecule has 2 saturated heterocycles. The van der Waals surface area contributed by atoms with Gasteiger partial charge >= 0.3 is 0 Å². The highest BCUT2D eigenvalue weighted by Gasteiger charge is 2.39. The van der Waals surface area contributed by atoms with Gasteiger partial charge in [0.2, 0.25) is 21.8 Å². The highest BCUT2D eigenvalue weighted by atomic mass is 32.2. The number of hydrogen-bond acceptors (Lipinski definition) is 6. The second kappa shape index (κ2) is 13.9. The lowest BCUT2D eigenvalue weighted by molar-refractivity contribution is -0.139. The SMILES string of the molecule is Cc1c(C)c(C)c(S(=O)(=O)N[C@H](Cc2ccccc2)C(=O)N2CCC[C@H]2C(=O)NCC2CCN(C=NN)CC2)c(C)c1C. The molecule has 10 nitrogen and oxygen atoms in total. The van der Waals surface area contributed by atoms with E-state index >= 15 is 0 Å². The quantitative estimate of drug-likeness (QED) is 0.164. The number of nitrogens with two attached hydrogens (primary N) is 1. The Labute approximate surface area is 256 Å². The Balaban J connectivity index is 1.53. The maximum Gasteiger partial charge on any atom is 0.242 e. The molecule has 4 rings (SSSR count). The third-order valence-corrected chi connectivity index (χ3v) is 11.1. The van der Waals surface area contributed by atoms with Crippen molar-refractivity contribution < 1.29 is 18.0 Å². The van der Waals surface area contributed by atoms with Gasteiger partial charge in [-0.2, -0.15) is 9.82 Å². The number of hydrogen-bond donors (Lipinski definition) is 3. The number of nitrogens with one attached hydrogen (secondary N) is 2. The summed E-state index contributed by atoms with van der Waals surface area (Å²) in [5, 5.41) is 6.66. The first-order valence-corrected chi connectivity index (χ1v) is 16.6. The lowest BCUT2D eigenvalue weighted by atomic mass is 9.95. The summed E-state index contributed by atoms with van der Waals surface area (Å²) in [4.78, 5) is 31.3. The third kappa shape index (κ3) is 7.38. The van der Waals surface area contributed by atoms with Crippen LogP contribution in [-0.2, 0) is 26.0 Å². The van der Waals surface area contributed by atoms with Gasteiger partial charge in [-0.25, -0.2) is 8.42 Å². The zero-order valence-corrected chi connectivity index (χ0v) is 26.8. The molecule has 2 aliphatic heterocycles. The maximum atomic E-state index is 14.1. The maximum absolute atomic E-state index is 14.1. The van der Waals surface area contributed by atoms with Crippen LogP contribution in [0.3, 0.4) is 0 Å². The van der Waals surface area contributed by atoms with Crippen LogP contribution < -0.4 is 15.9 Å². The van der Waals surface area contributed by atoms with Gasteiger partial charge in [0.15, 0.2) is 0 Å². The highest BCUT2D eigenvalue weighted by Crippen LogP contribution is 2.30. The summed E-state index contributed by atoms with van der Waals surface area (Å²) in [6.07, 6.45) is 4.87. The molecule has 0 aromatic heterocycles. The molecular weight excluding hydrogens is 564 g/mol. The van der Waals surface area contributed by atoms with E-state index in [4.69, 9.17) is 5.84 Å². The molecule has 43 heavy (non-hydrogen) atoms. The fourth-order valence-electron chi connectivity index (χ4n) is 6.38. The molecule has 2 aliphatic rings. The number of hydrazone groups is 1. The smallest absolute Gasteiger partial charge is 0.242 e. The molecule has 0 bridgehead atoms. The van der Waals surface area contributed by atoms with Crippen LogP contribution in [0.5, 0.6) is 0 Å². The number of nitrogens with zero attached hydrogens (tertiary/aromatic N) is 3. The second-order valence-electron chi connectivity index (χ2n) is 12.0. The number of rotatable bonds is 10. The van der Waals surface area contributed by atoms with Gasteiger partial charge < -0.3 is 21.0 Å². The molecule has 2 fully saturated rings. The summed E-state index contributed by atoms with van der Waals surface area (Å²) in [5.74, 6) is 5.03. The van der Waals surface area contributed by atoms with E-state index in [0.29, 0.717) is 43.0 Å². The standard InChI is InChI=1S/C32H46N6O4S/c1-21-22(2)24(4)30(25(5)23(21)3)43(41,42)36-28(18-26-10-7-6-8-11-26)32(40)38-15-9-12-29(38)31(39)34-19-27-13-16-37(17-14-27)20-35-33/h6-8,10-11,20,27-29,36H,9,12-19,33H2,1-5H3,(H,34,39)/t28-,29+/m1/s1. The van der Waals surface area contributed by atoms with E-state index in [0.717, 1.165) is 48.2 Å². The minimum Gasteiger partial charge on any atom is -0.361 e. The third-order valence-electron chi connectivity index (χ3n) is 9.36. The summed E-state index contributed by atoms with van der Waals surface area (Å²) < 4.78 is 30.7. The van der Waals surface area contributed by atoms with Crippen molar-refractivity contribution in [2.24, 2.45) is 16.9 Å². The summed E-state index contributed by atoms with van der Waals surface area (Å²) >= 11 is 0. The minimum atomic E-state index is -4.07. The molecule has 2 aromatic carbocycles. The Morgan fingerprint density at radius 1 is 0.953 bits per heavy atom. The number of carbonyl (C=O) groups is 2. The van der Waals surface area contributed by atoms with Crippen LogP contribution in [0.25, 0.3) is 0 Å². The predicted octanol–water partition coefficient (Wildman–Crippen LogP) is 2.84. The topological polar surface area (TPSA) is 137 Å². The number of sulfonamides is 1. The predicted molar refractivity (Wildman–Crippen MR) is 169 cm³/mol. The van der Waals surface area contributed by atoms with Crippen LogP contribution in [0.2, 0.25) is 0 Å².